The Hall–Kier alpha value is -4.62. The summed E-state index contributed by atoms with van der Waals surface area (Å²) in [5.74, 6) is 0. The molecule has 0 radical (unpaired) electrons. The van der Waals surface area contributed by atoms with Gasteiger partial charge in [-0.15, -0.1) is 0 Å². The summed E-state index contributed by atoms with van der Waals surface area (Å²) in [6, 6.07) is 48.2. The largest absolute Gasteiger partial charge is 0.310 e. The van der Waals surface area contributed by atoms with Crippen LogP contribution in [0.5, 0.6) is 0 Å². The zero-order valence-corrected chi connectivity index (χ0v) is 24.4. The van der Waals surface area contributed by atoms with Gasteiger partial charge in [0, 0.05) is 22.5 Å². The highest BCUT2D eigenvalue weighted by Gasteiger charge is 2.35. The van der Waals surface area contributed by atoms with Crippen molar-refractivity contribution in [2.75, 3.05) is 4.90 Å². The molecule has 0 amide bonds. The lowest BCUT2D eigenvalue weighted by molar-refractivity contribution is 0.660. The first-order valence-corrected chi connectivity index (χ1v) is 15.3. The predicted octanol–water partition coefficient (Wildman–Crippen LogP) is 10.5. The fourth-order valence-corrected chi connectivity index (χ4v) is 7.20. The second-order valence-corrected chi connectivity index (χ2v) is 12.5. The molecule has 6 aromatic carbocycles. The lowest BCUT2D eigenvalue weighted by Gasteiger charge is -2.30. The maximum absolute atomic E-state index is 2.53. The normalized spacial score (nSPS) is 14.7. The third kappa shape index (κ3) is 4.15. The Labute approximate surface area is 249 Å². The van der Waals surface area contributed by atoms with Crippen molar-refractivity contribution < 1.29 is 0 Å². The van der Waals surface area contributed by atoms with E-state index in [2.05, 4.69) is 146 Å². The summed E-state index contributed by atoms with van der Waals surface area (Å²) < 4.78 is 0. The van der Waals surface area contributed by atoms with E-state index in [1.807, 2.05) is 0 Å². The number of hydrogen-bond acceptors (Lipinski definition) is 1. The Morgan fingerprint density at radius 2 is 1.10 bits per heavy atom. The van der Waals surface area contributed by atoms with Crippen molar-refractivity contribution in [1.29, 1.82) is 0 Å². The van der Waals surface area contributed by atoms with Crippen LogP contribution < -0.4 is 4.90 Å². The number of rotatable bonds is 3. The summed E-state index contributed by atoms with van der Waals surface area (Å²) in [6.45, 7) is 4.74. The number of benzene rings is 6. The molecule has 1 heteroatoms. The van der Waals surface area contributed by atoms with Crippen molar-refractivity contribution in [3.8, 4) is 11.1 Å². The monoisotopic (exact) mass is 541 g/mol. The van der Waals surface area contributed by atoms with Crippen molar-refractivity contribution in [3.63, 3.8) is 0 Å². The molecule has 6 aromatic rings. The average Bonchev–Trinajstić information content (AvgIpc) is 3.25. The highest BCUT2D eigenvalue weighted by molar-refractivity contribution is 5.91. The van der Waals surface area contributed by atoms with Crippen molar-refractivity contribution in [2.24, 2.45) is 0 Å². The van der Waals surface area contributed by atoms with E-state index in [1.165, 1.54) is 72.3 Å². The van der Waals surface area contributed by atoms with E-state index >= 15 is 0 Å². The second kappa shape index (κ2) is 9.74. The van der Waals surface area contributed by atoms with Gasteiger partial charge in [-0.3, -0.25) is 0 Å². The van der Waals surface area contributed by atoms with Gasteiger partial charge in [0.25, 0.3) is 0 Å². The minimum Gasteiger partial charge on any atom is -0.310 e. The lowest BCUT2D eigenvalue weighted by atomic mass is 9.82. The summed E-state index contributed by atoms with van der Waals surface area (Å²) in [5, 5.41) is 2.53. The van der Waals surface area contributed by atoms with E-state index in [-0.39, 0.29) is 5.41 Å². The predicted molar refractivity (Wildman–Crippen MR) is 177 cm³/mol. The summed E-state index contributed by atoms with van der Waals surface area (Å²) in [4.78, 5) is 2.53. The van der Waals surface area contributed by atoms with Crippen LogP contribution in [0.2, 0.25) is 0 Å². The van der Waals surface area contributed by atoms with E-state index in [9.17, 15) is 0 Å². The van der Waals surface area contributed by atoms with Crippen LogP contribution in [0.3, 0.4) is 0 Å². The van der Waals surface area contributed by atoms with Crippen LogP contribution in [-0.2, 0) is 31.1 Å². The van der Waals surface area contributed by atoms with Crippen LogP contribution in [0.1, 0.15) is 47.2 Å². The highest BCUT2D eigenvalue weighted by Crippen LogP contribution is 2.51. The SMILES string of the molecule is CC1(C)c2ccccc2-c2ccc(N(c3ccc4ccccc4c3)c3cc4ccc3CCc3ccc(cc3)CC4)cc21. The summed E-state index contributed by atoms with van der Waals surface area (Å²) in [7, 11) is 0. The van der Waals surface area contributed by atoms with Crippen LogP contribution in [0.15, 0.2) is 127 Å². The molecule has 0 atom stereocenters. The molecule has 5 aliphatic carbocycles. The molecule has 11 rings (SSSR count). The van der Waals surface area contributed by atoms with E-state index in [0.717, 1.165) is 25.7 Å². The minimum atomic E-state index is -0.0512. The molecule has 0 aliphatic heterocycles. The van der Waals surface area contributed by atoms with Crippen molar-refractivity contribution >= 4 is 27.8 Å². The van der Waals surface area contributed by atoms with Gasteiger partial charge in [-0.25, -0.2) is 0 Å². The number of fused-ring (bicyclic) bond motifs is 4. The van der Waals surface area contributed by atoms with Gasteiger partial charge in [0.15, 0.2) is 0 Å². The molecule has 204 valence electrons. The van der Waals surface area contributed by atoms with E-state index in [1.54, 1.807) is 0 Å². The Balaban J connectivity index is 1.33. The Kier molecular flexibility index (Phi) is 5.82. The average molecular weight is 542 g/mol. The molecule has 5 aliphatic rings. The Morgan fingerprint density at radius 1 is 0.476 bits per heavy atom. The van der Waals surface area contributed by atoms with Gasteiger partial charge in [0.1, 0.15) is 0 Å². The van der Waals surface area contributed by atoms with Gasteiger partial charge in [-0.1, -0.05) is 111 Å². The van der Waals surface area contributed by atoms with Gasteiger partial charge < -0.3 is 4.90 Å². The number of anilines is 3. The van der Waals surface area contributed by atoms with Crippen LogP contribution in [0.25, 0.3) is 21.9 Å². The molecular weight excluding hydrogens is 506 g/mol. The van der Waals surface area contributed by atoms with Crippen LogP contribution in [-0.4, -0.2) is 0 Å². The van der Waals surface area contributed by atoms with Gasteiger partial charge in [-0.2, -0.15) is 0 Å². The minimum absolute atomic E-state index is 0.0512. The van der Waals surface area contributed by atoms with E-state index in [0.29, 0.717) is 0 Å². The number of nitrogens with zero attached hydrogens (tertiary/aromatic N) is 1. The molecule has 0 unspecified atom stereocenters. The molecule has 42 heavy (non-hydrogen) atoms. The summed E-state index contributed by atoms with van der Waals surface area (Å²) >= 11 is 0. The number of aryl methyl sites for hydroxylation is 4. The Bertz CT molecular complexity index is 1960. The zero-order valence-electron chi connectivity index (χ0n) is 24.4. The maximum Gasteiger partial charge on any atom is 0.0496 e. The lowest BCUT2D eigenvalue weighted by Crippen LogP contribution is -2.17. The molecule has 0 saturated carbocycles. The number of hydrogen-bond donors (Lipinski definition) is 0. The molecule has 0 spiro atoms. The second-order valence-electron chi connectivity index (χ2n) is 12.5. The van der Waals surface area contributed by atoms with Crippen molar-refractivity contribution in [2.45, 2.75) is 44.9 Å². The van der Waals surface area contributed by atoms with Crippen molar-refractivity contribution in [1.82, 2.24) is 0 Å². The first-order chi connectivity index (χ1) is 20.5. The third-order valence-corrected chi connectivity index (χ3v) is 9.62. The molecular formula is C41H35N. The molecule has 0 N–H and O–H groups in total. The first kappa shape index (κ1) is 25.1. The smallest absolute Gasteiger partial charge is 0.0496 e. The van der Waals surface area contributed by atoms with Crippen LogP contribution >= 0.6 is 0 Å². The fourth-order valence-electron chi connectivity index (χ4n) is 7.20. The van der Waals surface area contributed by atoms with E-state index < -0.39 is 0 Å². The molecule has 1 nitrogen and oxygen atoms in total. The molecule has 0 aromatic heterocycles. The summed E-state index contributed by atoms with van der Waals surface area (Å²) in [6.07, 6.45) is 4.12. The molecule has 0 fully saturated rings. The summed E-state index contributed by atoms with van der Waals surface area (Å²) in [5.41, 5.74) is 14.8. The van der Waals surface area contributed by atoms with Gasteiger partial charge in [0.05, 0.1) is 0 Å². The van der Waals surface area contributed by atoms with Crippen LogP contribution in [0, 0.1) is 0 Å². The molecule has 0 saturated heterocycles. The highest BCUT2D eigenvalue weighted by atomic mass is 15.1. The Morgan fingerprint density at radius 3 is 1.93 bits per heavy atom. The topological polar surface area (TPSA) is 3.24 Å². The standard InChI is InChI=1S/C41H35N/c1-41(2)38-10-6-5-9-36(38)37-24-23-35(27-39(37)41)42(34-22-21-31-7-3-4-8-33(31)26-34)40-25-30-16-15-28-11-13-29(14-12-28)17-19-32(40)20-18-30/h3-14,18,20-27H,15-17,19H2,1-2H3. The first-order valence-electron chi connectivity index (χ1n) is 15.3. The third-order valence-electron chi connectivity index (χ3n) is 9.62. The van der Waals surface area contributed by atoms with Gasteiger partial charge in [0.2, 0.25) is 0 Å². The van der Waals surface area contributed by atoms with Gasteiger partial charge in [-0.05, 0) is 111 Å². The van der Waals surface area contributed by atoms with E-state index in [4.69, 9.17) is 0 Å². The quantitative estimate of drug-likeness (QED) is 0.215. The van der Waals surface area contributed by atoms with Crippen molar-refractivity contribution in [3.05, 3.63) is 161 Å². The van der Waals surface area contributed by atoms with Gasteiger partial charge >= 0.3 is 0 Å². The maximum atomic E-state index is 2.53. The fraction of sp³-hybridized carbons (Fsp3) is 0.171. The molecule has 4 bridgehead atoms. The zero-order chi connectivity index (χ0) is 28.3. The van der Waals surface area contributed by atoms with Crippen LogP contribution in [0.4, 0.5) is 17.1 Å². The molecule has 0 heterocycles.